The first kappa shape index (κ1) is 15.6. The lowest BCUT2D eigenvalue weighted by Gasteiger charge is -2.23. The molecule has 2 nitrogen and oxygen atoms in total. The van der Waals surface area contributed by atoms with Crippen LogP contribution in [0, 0.1) is 11.8 Å². The number of hydrogen-bond donors (Lipinski definition) is 1. The van der Waals surface area contributed by atoms with Crippen molar-refractivity contribution in [1.29, 1.82) is 0 Å². The molecule has 112 valence electrons. The van der Waals surface area contributed by atoms with Crippen molar-refractivity contribution >= 4 is 21.7 Å². The molecule has 1 aliphatic carbocycles. The van der Waals surface area contributed by atoms with Crippen molar-refractivity contribution in [2.45, 2.75) is 45.3 Å². The Hall–Kier alpha value is -0.780. The molecule has 0 aliphatic heterocycles. The molecule has 0 radical (unpaired) electrons. The molecule has 1 fully saturated rings. The Balaban J connectivity index is 2.22. The van der Waals surface area contributed by atoms with Crippen molar-refractivity contribution in [3.8, 4) is 0 Å². The summed E-state index contributed by atoms with van der Waals surface area (Å²) >= 11 is 3.04. The Labute approximate surface area is 125 Å². The summed E-state index contributed by atoms with van der Waals surface area (Å²) in [6, 6.07) is 1.14. The van der Waals surface area contributed by atoms with E-state index in [1.54, 1.807) is 0 Å². The number of hydrogen-bond acceptors (Lipinski definition) is 2. The van der Waals surface area contributed by atoms with Gasteiger partial charge in [-0.1, -0.05) is 20.3 Å². The molecule has 1 aromatic rings. The normalized spacial score (nSPS) is 26.8. The molecular formula is C14H18BrF3N2. The van der Waals surface area contributed by atoms with Gasteiger partial charge >= 0.3 is 6.18 Å². The highest BCUT2D eigenvalue weighted by atomic mass is 79.9. The van der Waals surface area contributed by atoms with Crippen LogP contribution in [0.1, 0.15) is 38.7 Å². The van der Waals surface area contributed by atoms with E-state index >= 15 is 0 Å². The Morgan fingerprint density at radius 1 is 1.40 bits per heavy atom. The standard InChI is InChI=1S/C14H18BrF3N2/c1-3-9-4-5-12(8(9)2)20-13-11(14(16,17)18)6-10(15)7-19-13/h6-9,12H,3-5H2,1-2H3,(H,19,20). The Morgan fingerprint density at radius 3 is 2.65 bits per heavy atom. The van der Waals surface area contributed by atoms with Crippen LogP contribution in [0.2, 0.25) is 0 Å². The van der Waals surface area contributed by atoms with Gasteiger partial charge in [-0.3, -0.25) is 0 Å². The monoisotopic (exact) mass is 350 g/mol. The van der Waals surface area contributed by atoms with Gasteiger partial charge in [0.05, 0.1) is 5.56 Å². The average molecular weight is 351 g/mol. The van der Waals surface area contributed by atoms with E-state index in [0.29, 0.717) is 16.3 Å². The highest BCUT2D eigenvalue weighted by Gasteiger charge is 2.37. The predicted molar refractivity (Wildman–Crippen MR) is 76.5 cm³/mol. The molecule has 0 bridgehead atoms. The minimum absolute atomic E-state index is 0.0608. The zero-order valence-electron chi connectivity index (χ0n) is 11.5. The molecule has 3 atom stereocenters. The highest BCUT2D eigenvalue weighted by Crippen LogP contribution is 2.39. The van der Waals surface area contributed by atoms with Gasteiger partial charge in [-0.2, -0.15) is 13.2 Å². The van der Waals surface area contributed by atoms with Crippen molar-refractivity contribution in [3.05, 3.63) is 22.3 Å². The Kier molecular flexibility index (Phi) is 4.62. The fraction of sp³-hybridized carbons (Fsp3) is 0.643. The van der Waals surface area contributed by atoms with Crippen LogP contribution in [0.5, 0.6) is 0 Å². The van der Waals surface area contributed by atoms with Crippen molar-refractivity contribution in [2.24, 2.45) is 11.8 Å². The van der Waals surface area contributed by atoms with Gasteiger partial charge in [0.2, 0.25) is 0 Å². The van der Waals surface area contributed by atoms with E-state index in [9.17, 15) is 13.2 Å². The maximum Gasteiger partial charge on any atom is 0.419 e. The maximum atomic E-state index is 13.0. The lowest BCUT2D eigenvalue weighted by molar-refractivity contribution is -0.137. The summed E-state index contributed by atoms with van der Waals surface area (Å²) in [5.41, 5.74) is -0.709. The predicted octanol–water partition coefficient (Wildman–Crippen LogP) is 5.10. The molecule has 1 heterocycles. The number of nitrogens with one attached hydrogen (secondary N) is 1. The summed E-state index contributed by atoms with van der Waals surface area (Å²) in [5, 5.41) is 3.01. The zero-order valence-corrected chi connectivity index (χ0v) is 13.1. The highest BCUT2D eigenvalue weighted by molar-refractivity contribution is 9.10. The largest absolute Gasteiger partial charge is 0.419 e. The molecule has 1 N–H and O–H groups in total. The Bertz CT molecular complexity index is 476. The van der Waals surface area contributed by atoms with Crippen LogP contribution in [0.25, 0.3) is 0 Å². The van der Waals surface area contributed by atoms with E-state index in [-0.39, 0.29) is 11.9 Å². The molecule has 1 aliphatic rings. The number of halogens is 4. The fourth-order valence-corrected chi connectivity index (χ4v) is 3.30. The molecule has 20 heavy (non-hydrogen) atoms. The van der Waals surface area contributed by atoms with Crippen LogP contribution >= 0.6 is 15.9 Å². The number of aromatic nitrogens is 1. The first-order valence-electron chi connectivity index (χ1n) is 6.82. The molecule has 0 spiro atoms. The van der Waals surface area contributed by atoms with E-state index in [0.717, 1.165) is 25.3 Å². The second-order valence-electron chi connectivity index (χ2n) is 5.40. The number of nitrogens with zero attached hydrogens (tertiary/aromatic N) is 1. The third-order valence-corrected chi connectivity index (χ3v) is 4.67. The lowest BCUT2D eigenvalue weighted by atomic mass is 9.93. The first-order chi connectivity index (χ1) is 9.32. The molecule has 3 unspecified atom stereocenters. The van der Waals surface area contributed by atoms with Crippen LogP contribution in [0.3, 0.4) is 0 Å². The smallest absolute Gasteiger partial charge is 0.367 e. The molecule has 6 heteroatoms. The van der Waals surface area contributed by atoms with Gasteiger partial charge in [0.15, 0.2) is 0 Å². The number of rotatable bonds is 3. The second-order valence-corrected chi connectivity index (χ2v) is 6.32. The van der Waals surface area contributed by atoms with Crippen molar-refractivity contribution in [3.63, 3.8) is 0 Å². The average Bonchev–Trinajstić information content (AvgIpc) is 2.71. The van der Waals surface area contributed by atoms with E-state index in [4.69, 9.17) is 0 Å². The lowest BCUT2D eigenvalue weighted by Crippen LogP contribution is -2.26. The number of anilines is 1. The number of pyridine rings is 1. The fourth-order valence-electron chi connectivity index (χ4n) is 2.97. The van der Waals surface area contributed by atoms with Crippen molar-refractivity contribution < 1.29 is 13.2 Å². The van der Waals surface area contributed by atoms with E-state index in [1.807, 2.05) is 0 Å². The van der Waals surface area contributed by atoms with E-state index in [1.165, 1.54) is 6.20 Å². The van der Waals surface area contributed by atoms with Gasteiger partial charge in [-0.15, -0.1) is 0 Å². The van der Waals surface area contributed by atoms with Crippen molar-refractivity contribution in [1.82, 2.24) is 4.98 Å². The summed E-state index contributed by atoms with van der Waals surface area (Å²) in [4.78, 5) is 3.92. The van der Waals surface area contributed by atoms with Crippen LogP contribution < -0.4 is 5.32 Å². The first-order valence-corrected chi connectivity index (χ1v) is 7.61. The van der Waals surface area contributed by atoms with Gasteiger partial charge in [0.1, 0.15) is 5.82 Å². The minimum atomic E-state index is -4.40. The molecule has 1 saturated carbocycles. The summed E-state index contributed by atoms with van der Waals surface area (Å²) < 4.78 is 39.5. The van der Waals surface area contributed by atoms with Gasteiger partial charge in [-0.05, 0) is 46.7 Å². The second kappa shape index (κ2) is 5.92. The van der Waals surface area contributed by atoms with Gasteiger partial charge < -0.3 is 5.32 Å². The third-order valence-electron chi connectivity index (χ3n) is 4.23. The summed E-state index contributed by atoms with van der Waals surface area (Å²) in [5.74, 6) is 0.887. The topological polar surface area (TPSA) is 24.9 Å². The third kappa shape index (κ3) is 3.27. The Morgan fingerprint density at radius 2 is 2.10 bits per heavy atom. The zero-order chi connectivity index (χ0) is 14.9. The molecule has 2 rings (SSSR count). The quantitative estimate of drug-likeness (QED) is 0.820. The molecule has 0 saturated heterocycles. The van der Waals surface area contributed by atoms with Crippen LogP contribution in [-0.4, -0.2) is 11.0 Å². The van der Waals surface area contributed by atoms with Gasteiger partial charge in [0, 0.05) is 16.7 Å². The summed E-state index contributed by atoms with van der Waals surface area (Å²) in [6.45, 7) is 4.23. The minimum Gasteiger partial charge on any atom is -0.367 e. The van der Waals surface area contributed by atoms with Crippen LogP contribution in [0.4, 0.5) is 19.0 Å². The molecule has 0 amide bonds. The molecular weight excluding hydrogens is 333 g/mol. The van der Waals surface area contributed by atoms with Crippen LogP contribution in [-0.2, 0) is 6.18 Å². The van der Waals surface area contributed by atoms with Gasteiger partial charge in [0.25, 0.3) is 0 Å². The van der Waals surface area contributed by atoms with E-state index in [2.05, 4.69) is 40.1 Å². The maximum absolute atomic E-state index is 13.0. The van der Waals surface area contributed by atoms with Gasteiger partial charge in [-0.25, -0.2) is 4.98 Å². The number of alkyl halides is 3. The molecule has 0 aromatic carbocycles. The summed E-state index contributed by atoms with van der Waals surface area (Å²) in [6.07, 6.45) is 0.0285. The van der Waals surface area contributed by atoms with Crippen molar-refractivity contribution in [2.75, 3.05) is 5.32 Å². The molecule has 1 aromatic heterocycles. The summed E-state index contributed by atoms with van der Waals surface area (Å²) in [7, 11) is 0. The SMILES string of the molecule is CCC1CCC(Nc2ncc(Br)cc2C(F)(F)F)C1C. The van der Waals surface area contributed by atoms with E-state index < -0.39 is 11.7 Å². The van der Waals surface area contributed by atoms with Crippen LogP contribution in [0.15, 0.2) is 16.7 Å².